The lowest BCUT2D eigenvalue weighted by atomic mass is 10.0. The highest BCUT2D eigenvalue weighted by atomic mass is 32.2. The van der Waals surface area contributed by atoms with Crippen LogP contribution in [-0.2, 0) is 10.8 Å². The van der Waals surface area contributed by atoms with Crippen LogP contribution in [0.2, 0.25) is 0 Å². The Balaban J connectivity index is 2.06. The molecule has 3 unspecified atom stereocenters. The topological polar surface area (TPSA) is 58.7 Å². The van der Waals surface area contributed by atoms with Crippen LogP contribution in [0.5, 0.6) is 0 Å². The van der Waals surface area contributed by atoms with Gasteiger partial charge < -0.3 is 10.6 Å². The van der Waals surface area contributed by atoms with E-state index in [1.54, 1.807) is 6.26 Å². The van der Waals surface area contributed by atoms with Gasteiger partial charge in [-0.15, -0.1) is 0 Å². The second kappa shape index (κ2) is 7.07. The number of hydrogen-bond donors (Lipinski definition) is 1. The molecule has 0 aromatic heterocycles. The van der Waals surface area contributed by atoms with Crippen LogP contribution in [0.15, 0.2) is 34.2 Å². The first-order valence-electron chi connectivity index (χ1n) is 7.49. The van der Waals surface area contributed by atoms with E-state index in [2.05, 4.69) is 16.8 Å². The molecule has 0 saturated carbocycles. The van der Waals surface area contributed by atoms with Crippen LogP contribution in [0.3, 0.4) is 0 Å². The van der Waals surface area contributed by atoms with Gasteiger partial charge in [-0.05, 0) is 43.4 Å². The van der Waals surface area contributed by atoms with E-state index >= 15 is 0 Å². The van der Waals surface area contributed by atoms with Gasteiger partial charge in [-0.1, -0.05) is 19.1 Å². The molecule has 0 spiro atoms. The molecule has 4 nitrogen and oxygen atoms in total. The minimum absolute atomic E-state index is 0.0153. The van der Waals surface area contributed by atoms with Crippen molar-refractivity contribution in [1.29, 1.82) is 0 Å². The Hall–Kier alpha value is -1.36. The highest BCUT2D eigenvalue weighted by molar-refractivity contribution is 7.84. The van der Waals surface area contributed by atoms with Crippen molar-refractivity contribution in [3.05, 3.63) is 29.8 Å². The van der Waals surface area contributed by atoms with Crippen molar-refractivity contribution < 1.29 is 4.21 Å². The molecule has 1 heterocycles. The highest BCUT2D eigenvalue weighted by Crippen LogP contribution is 2.20. The second-order valence-corrected chi connectivity index (χ2v) is 7.26. The molecular formula is C16H25N3OS. The lowest BCUT2D eigenvalue weighted by molar-refractivity contribution is 0.269. The average molecular weight is 307 g/mol. The third-order valence-corrected chi connectivity index (χ3v) is 4.94. The van der Waals surface area contributed by atoms with Crippen LogP contribution >= 0.6 is 0 Å². The van der Waals surface area contributed by atoms with Crippen LogP contribution in [0.25, 0.3) is 0 Å². The van der Waals surface area contributed by atoms with Gasteiger partial charge in [-0.2, -0.15) is 0 Å². The summed E-state index contributed by atoms with van der Waals surface area (Å²) >= 11 is 0. The zero-order valence-electron chi connectivity index (χ0n) is 13.1. The van der Waals surface area contributed by atoms with Gasteiger partial charge in [0, 0.05) is 35.0 Å². The number of nitrogens with two attached hydrogens (primary N) is 1. The normalized spacial score (nSPS) is 22.9. The molecule has 1 aromatic carbocycles. The maximum atomic E-state index is 11.4. The summed E-state index contributed by atoms with van der Waals surface area (Å²) in [6.07, 6.45) is 4.14. The lowest BCUT2D eigenvalue weighted by Gasteiger charge is -2.32. The predicted octanol–water partition coefficient (Wildman–Crippen LogP) is 2.53. The average Bonchev–Trinajstić information content (AvgIpc) is 2.47. The summed E-state index contributed by atoms with van der Waals surface area (Å²) in [5.41, 5.74) is 7.25. The molecule has 1 saturated heterocycles. The molecule has 1 aliphatic heterocycles. The molecule has 0 bridgehead atoms. The molecular weight excluding hydrogens is 282 g/mol. The third kappa shape index (κ3) is 4.30. The summed E-state index contributed by atoms with van der Waals surface area (Å²) in [6.45, 7) is 6.29. The molecule has 0 aliphatic carbocycles. The van der Waals surface area contributed by atoms with Crippen LogP contribution in [0.4, 0.5) is 0 Å². The number of aliphatic imine (C=N–C) groups is 1. The number of hydrogen-bond acceptors (Lipinski definition) is 2. The van der Waals surface area contributed by atoms with E-state index in [0.29, 0.717) is 11.9 Å². The number of rotatable bonds is 3. The van der Waals surface area contributed by atoms with Gasteiger partial charge in [0.15, 0.2) is 5.96 Å². The first kappa shape index (κ1) is 16.0. The van der Waals surface area contributed by atoms with Gasteiger partial charge in [-0.3, -0.25) is 4.21 Å². The Labute approximate surface area is 129 Å². The summed E-state index contributed by atoms with van der Waals surface area (Å²) in [6, 6.07) is 7.78. The van der Waals surface area contributed by atoms with E-state index in [-0.39, 0.29) is 6.04 Å². The lowest BCUT2D eigenvalue weighted by Crippen LogP contribution is -2.43. The Kier molecular flexibility index (Phi) is 5.39. The standard InChI is InChI=1S/C16H25N3OS/c1-12-5-4-10-19(11-12)16(17)18-13(2)14-6-8-15(9-7-14)21(3)20/h6-9,12-13H,4-5,10-11H2,1-3H3,(H2,17,18). The summed E-state index contributed by atoms with van der Waals surface area (Å²) in [7, 11) is -0.938. The van der Waals surface area contributed by atoms with E-state index in [4.69, 9.17) is 5.73 Å². The summed E-state index contributed by atoms with van der Waals surface area (Å²) < 4.78 is 11.4. The first-order chi connectivity index (χ1) is 9.97. The fourth-order valence-corrected chi connectivity index (χ4v) is 3.21. The maximum absolute atomic E-state index is 11.4. The van der Waals surface area contributed by atoms with Crippen molar-refractivity contribution >= 4 is 16.8 Å². The number of nitrogens with zero attached hydrogens (tertiary/aromatic N) is 2. The smallest absolute Gasteiger partial charge is 0.191 e. The van der Waals surface area contributed by atoms with Gasteiger partial charge in [0.05, 0.1) is 6.04 Å². The van der Waals surface area contributed by atoms with Gasteiger partial charge in [0.2, 0.25) is 0 Å². The fourth-order valence-electron chi connectivity index (χ4n) is 2.69. The highest BCUT2D eigenvalue weighted by Gasteiger charge is 2.18. The van der Waals surface area contributed by atoms with Gasteiger partial charge >= 0.3 is 0 Å². The molecule has 0 radical (unpaired) electrons. The molecule has 2 rings (SSSR count). The maximum Gasteiger partial charge on any atom is 0.191 e. The van der Waals surface area contributed by atoms with E-state index in [9.17, 15) is 4.21 Å². The van der Waals surface area contributed by atoms with Crippen LogP contribution in [-0.4, -0.2) is 34.4 Å². The Morgan fingerprint density at radius 3 is 2.67 bits per heavy atom. The van der Waals surface area contributed by atoms with Crippen molar-refractivity contribution in [1.82, 2.24) is 4.90 Å². The molecule has 0 amide bonds. The SMILES string of the molecule is CC1CCCN(C(N)=NC(C)c2ccc(S(C)=O)cc2)C1. The number of guanidine groups is 1. The van der Waals surface area contributed by atoms with Crippen LogP contribution in [0.1, 0.15) is 38.3 Å². The summed E-state index contributed by atoms with van der Waals surface area (Å²) in [4.78, 5) is 7.65. The monoisotopic (exact) mass is 307 g/mol. The molecule has 21 heavy (non-hydrogen) atoms. The van der Waals surface area contributed by atoms with Crippen molar-refractivity contribution in [2.75, 3.05) is 19.3 Å². The predicted molar refractivity (Wildman–Crippen MR) is 88.8 cm³/mol. The molecule has 2 N–H and O–H groups in total. The van der Waals surface area contributed by atoms with E-state index in [1.807, 2.05) is 31.2 Å². The zero-order valence-corrected chi connectivity index (χ0v) is 13.9. The van der Waals surface area contributed by atoms with Gasteiger partial charge in [-0.25, -0.2) is 4.99 Å². The van der Waals surface area contributed by atoms with E-state index < -0.39 is 10.8 Å². The summed E-state index contributed by atoms with van der Waals surface area (Å²) in [5.74, 6) is 1.32. The minimum Gasteiger partial charge on any atom is -0.370 e. The van der Waals surface area contributed by atoms with Crippen molar-refractivity contribution in [3.8, 4) is 0 Å². The molecule has 3 atom stereocenters. The fraction of sp³-hybridized carbons (Fsp3) is 0.562. The molecule has 5 heteroatoms. The second-order valence-electron chi connectivity index (χ2n) is 5.88. The number of piperidine rings is 1. The number of benzene rings is 1. The molecule has 1 fully saturated rings. The molecule has 1 aliphatic rings. The van der Waals surface area contributed by atoms with Crippen molar-refractivity contribution in [2.24, 2.45) is 16.6 Å². The van der Waals surface area contributed by atoms with Crippen molar-refractivity contribution in [2.45, 2.75) is 37.6 Å². The van der Waals surface area contributed by atoms with Gasteiger partial charge in [0.1, 0.15) is 0 Å². The van der Waals surface area contributed by atoms with E-state index in [1.165, 1.54) is 12.8 Å². The first-order valence-corrected chi connectivity index (χ1v) is 9.04. The Morgan fingerprint density at radius 1 is 1.43 bits per heavy atom. The Bertz CT molecular complexity index is 527. The van der Waals surface area contributed by atoms with E-state index in [0.717, 1.165) is 23.5 Å². The largest absolute Gasteiger partial charge is 0.370 e. The molecule has 116 valence electrons. The number of likely N-dealkylation sites (tertiary alicyclic amines) is 1. The Morgan fingerprint density at radius 2 is 2.10 bits per heavy atom. The third-order valence-electron chi connectivity index (χ3n) is 4.00. The minimum atomic E-state index is -0.938. The van der Waals surface area contributed by atoms with Crippen LogP contribution < -0.4 is 5.73 Å². The summed E-state index contributed by atoms with van der Waals surface area (Å²) in [5, 5.41) is 0. The van der Waals surface area contributed by atoms with Crippen molar-refractivity contribution in [3.63, 3.8) is 0 Å². The van der Waals surface area contributed by atoms with Gasteiger partial charge in [0.25, 0.3) is 0 Å². The zero-order chi connectivity index (χ0) is 15.4. The molecule has 1 aromatic rings. The quantitative estimate of drug-likeness (QED) is 0.689. The van der Waals surface area contributed by atoms with Crippen LogP contribution in [0, 0.1) is 5.92 Å².